The van der Waals surface area contributed by atoms with E-state index in [1.165, 1.54) is 6.07 Å². The van der Waals surface area contributed by atoms with Gasteiger partial charge in [0.05, 0.1) is 16.8 Å². The van der Waals surface area contributed by atoms with Gasteiger partial charge in [0.15, 0.2) is 0 Å². The first-order valence-corrected chi connectivity index (χ1v) is 10.6. The number of hydrogen-bond donors (Lipinski definition) is 2. The molecule has 0 saturated heterocycles. The van der Waals surface area contributed by atoms with E-state index >= 15 is 0 Å². The van der Waals surface area contributed by atoms with Crippen molar-refractivity contribution in [3.05, 3.63) is 66.1 Å². The predicted octanol–water partition coefficient (Wildman–Crippen LogP) is 1.78. The van der Waals surface area contributed by atoms with Crippen molar-refractivity contribution in [1.29, 1.82) is 0 Å². The minimum Gasteiger partial charge on any atom is -0.352 e. The summed E-state index contributed by atoms with van der Waals surface area (Å²) in [6, 6.07) is 10.3. The van der Waals surface area contributed by atoms with E-state index in [4.69, 9.17) is 0 Å². The number of nitrogens with zero attached hydrogens (tertiary/aromatic N) is 3. The van der Waals surface area contributed by atoms with Gasteiger partial charge in [-0.2, -0.15) is 5.10 Å². The van der Waals surface area contributed by atoms with Gasteiger partial charge in [-0.05, 0) is 36.2 Å². The Labute approximate surface area is 170 Å². The fourth-order valence-corrected chi connectivity index (χ4v) is 3.97. The van der Waals surface area contributed by atoms with E-state index < -0.39 is 10.0 Å². The van der Waals surface area contributed by atoms with Crippen LogP contribution in [-0.4, -0.2) is 35.6 Å². The first-order valence-electron chi connectivity index (χ1n) is 9.11. The first kappa shape index (κ1) is 20.7. The largest absolute Gasteiger partial charge is 0.352 e. The third kappa shape index (κ3) is 5.49. The number of aromatic nitrogens is 3. The summed E-state index contributed by atoms with van der Waals surface area (Å²) in [5, 5.41) is 6.96. The Morgan fingerprint density at radius 2 is 2.03 bits per heavy atom. The van der Waals surface area contributed by atoms with Gasteiger partial charge in [-0.15, -0.1) is 0 Å². The Bertz CT molecular complexity index is 1110. The van der Waals surface area contributed by atoms with Gasteiger partial charge in [0, 0.05) is 44.5 Å². The molecule has 2 aromatic heterocycles. The van der Waals surface area contributed by atoms with Gasteiger partial charge in [0.25, 0.3) is 0 Å². The van der Waals surface area contributed by atoms with Gasteiger partial charge < -0.3 is 5.32 Å². The minimum absolute atomic E-state index is 0.0185. The number of sulfonamides is 1. The van der Waals surface area contributed by atoms with Crippen molar-refractivity contribution in [2.45, 2.75) is 24.8 Å². The number of nitrogens with one attached hydrogen (secondary N) is 2. The third-order valence-corrected chi connectivity index (χ3v) is 5.75. The summed E-state index contributed by atoms with van der Waals surface area (Å²) < 4.78 is 28.7. The highest BCUT2D eigenvalue weighted by molar-refractivity contribution is 7.89. The van der Waals surface area contributed by atoms with Crippen molar-refractivity contribution in [3.8, 4) is 11.3 Å². The quantitative estimate of drug-likeness (QED) is 0.585. The number of hydrogen-bond acceptors (Lipinski definition) is 5. The number of carbonyl (C=O) groups excluding carboxylic acids is 1. The van der Waals surface area contributed by atoms with Crippen LogP contribution in [0.4, 0.5) is 0 Å². The van der Waals surface area contributed by atoms with E-state index in [9.17, 15) is 13.2 Å². The molecule has 0 atom stereocenters. The molecule has 0 aliphatic heterocycles. The Balaban J connectivity index is 1.54. The van der Waals surface area contributed by atoms with E-state index in [0.717, 1.165) is 22.4 Å². The van der Waals surface area contributed by atoms with Crippen LogP contribution in [0.25, 0.3) is 11.3 Å². The fourth-order valence-electron chi connectivity index (χ4n) is 2.83. The van der Waals surface area contributed by atoms with Crippen molar-refractivity contribution in [2.24, 2.45) is 7.05 Å². The number of amides is 1. The molecule has 9 heteroatoms. The zero-order chi connectivity index (χ0) is 20.9. The van der Waals surface area contributed by atoms with Gasteiger partial charge in [0.1, 0.15) is 0 Å². The lowest BCUT2D eigenvalue weighted by Crippen LogP contribution is -2.30. The van der Waals surface area contributed by atoms with Crippen molar-refractivity contribution >= 4 is 15.9 Å². The molecule has 0 spiro atoms. The highest BCUT2D eigenvalue weighted by atomic mass is 32.2. The highest BCUT2D eigenvalue weighted by Crippen LogP contribution is 2.20. The normalized spacial score (nSPS) is 11.4. The number of rotatable bonds is 8. The molecule has 0 radical (unpaired) electrons. The molecule has 0 fully saturated rings. The summed E-state index contributed by atoms with van der Waals surface area (Å²) in [6.07, 6.45) is 5.29. The van der Waals surface area contributed by atoms with Gasteiger partial charge in [-0.25, -0.2) is 13.1 Å². The summed E-state index contributed by atoms with van der Waals surface area (Å²) in [7, 11) is -1.81. The van der Waals surface area contributed by atoms with Gasteiger partial charge in [0.2, 0.25) is 15.9 Å². The summed E-state index contributed by atoms with van der Waals surface area (Å²) in [6.45, 7) is 2.14. The van der Waals surface area contributed by atoms with Gasteiger partial charge >= 0.3 is 0 Å². The Morgan fingerprint density at radius 1 is 1.21 bits per heavy atom. The molecule has 8 nitrogen and oxygen atoms in total. The van der Waals surface area contributed by atoms with Crippen molar-refractivity contribution in [3.63, 3.8) is 0 Å². The molecule has 29 heavy (non-hydrogen) atoms. The summed E-state index contributed by atoms with van der Waals surface area (Å²) >= 11 is 0. The standard InChI is InChI=1S/C20H23N5O3S/c1-15-5-3-7-18(11-15)29(27,28)24-10-8-19(26)22-12-16-6-4-9-21-20(16)17-13-23-25(2)14-17/h3-7,9,11,13-14,24H,8,10,12H2,1-2H3,(H,22,26). The van der Waals surface area contributed by atoms with Crippen LogP contribution in [0.2, 0.25) is 0 Å². The van der Waals surface area contributed by atoms with Crippen molar-refractivity contribution < 1.29 is 13.2 Å². The number of pyridine rings is 1. The van der Waals surface area contributed by atoms with Crippen LogP contribution in [0.1, 0.15) is 17.5 Å². The maximum atomic E-state index is 12.3. The van der Waals surface area contributed by atoms with Gasteiger partial charge in [-0.3, -0.25) is 14.5 Å². The molecular weight excluding hydrogens is 390 g/mol. The second kappa shape index (κ2) is 8.97. The van der Waals surface area contributed by atoms with Crippen LogP contribution >= 0.6 is 0 Å². The predicted molar refractivity (Wildman–Crippen MR) is 109 cm³/mol. The molecule has 0 aliphatic carbocycles. The molecule has 152 valence electrons. The highest BCUT2D eigenvalue weighted by Gasteiger charge is 2.14. The molecule has 3 aromatic rings. The van der Waals surface area contributed by atoms with Crippen LogP contribution < -0.4 is 10.0 Å². The topological polar surface area (TPSA) is 106 Å². The van der Waals surface area contributed by atoms with Crippen LogP contribution in [0.3, 0.4) is 0 Å². The molecule has 0 aliphatic rings. The fraction of sp³-hybridized carbons (Fsp3) is 0.250. The summed E-state index contributed by atoms with van der Waals surface area (Å²) in [5.41, 5.74) is 3.32. The van der Waals surface area contributed by atoms with Crippen LogP contribution in [0.15, 0.2) is 59.9 Å². The zero-order valence-electron chi connectivity index (χ0n) is 16.3. The molecule has 0 bridgehead atoms. The van der Waals surface area contributed by atoms with Crippen LogP contribution in [0, 0.1) is 6.92 Å². The lowest BCUT2D eigenvalue weighted by molar-refractivity contribution is -0.121. The molecular formula is C20H23N5O3S. The average Bonchev–Trinajstić information content (AvgIpc) is 3.12. The summed E-state index contributed by atoms with van der Waals surface area (Å²) in [4.78, 5) is 16.7. The minimum atomic E-state index is -3.64. The Morgan fingerprint density at radius 3 is 2.76 bits per heavy atom. The number of benzene rings is 1. The maximum Gasteiger partial charge on any atom is 0.240 e. The summed E-state index contributed by atoms with van der Waals surface area (Å²) in [5.74, 6) is -0.252. The maximum absolute atomic E-state index is 12.3. The second-order valence-corrected chi connectivity index (χ2v) is 8.42. The van der Waals surface area contributed by atoms with E-state index in [2.05, 4.69) is 20.1 Å². The van der Waals surface area contributed by atoms with E-state index in [-0.39, 0.29) is 23.8 Å². The van der Waals surface area contributed by atoms with E-state index in [0.29, 0.717) is 6.54 Å². The molecule has 2 heterocycles. The zero-order valence-corrected chi connectivity index (χ0v) is 17.1. The SMILES string of the molecule is Cc1cccc(S(=O)(=O)NCCC(=O)NCc2cccnc2-c2cnn(C)c2)c1. The van der Waals surface area contributed by atoms with E-state index in [1.54, 1.807) is 35.3 Å². The lowest BCUT2D eigenvalue weighted by atomic mass is 10.1. The Hall–Kier alpha value is -3.04. The van der Waals surface area contributed by atoms with Crippen LogP contribution in [-0.2, 0) is 28.4 Å². The van der Waals surface area contributed by atoms with E-state index in [1.807, 2.05) is 32.3 Å². The smallest absolute Gasteiger partial charge is 0.240 e. The second-order valence-electron chi connectivity index (χ2n) is 6.65. The molecule has 2 N–H and O–H groups in total. The first-order chi connectivity index (χ1) is 13.8. The monoisotopic (exact) mass is 413 g/mol. The number of aryl methyl sites for hydroxylation is 2. The Kier molecular flexibility index (Phi) is 6.40. The van der Waals surface area contributed by atoms with Crippen molar-refractivity contribution in [1.82, 2.24) is 24.8 Å². The lowest BCUT2D eigenvalue weighted by Gasteiger charge is -2.10. The van der Waals surface area contributed by atoms with Crippen LogP contribution in [0.5, 0.6) is 0 Å². The average molecular weight is 414 g/mol. The molecule has 1 amide bonds. The third-order valence-electron chi connectivity index (χ3n) is 4.29. The molecule has 0 saturated carbocycles. The number of carbonyl (C=O) groups is 1. The van der Waals surface area contributed by atoms with Gasteiger partial charge in [-0.1, -0.05) is 18.2 Å². The molecule has 0 unspecified atom stereocenters. The van der Waals surface area contributed by atoms with Crippen molar-refractivity contribution in [2.75, 3.05) is 6.54 Å². The molecule has 3 rings (SSSR count). The molecule has 1 aromatic carbocycles.